The lowest BCUT2D eigenvalue weighted by atomic mass is 10.2. The number of nitrogens with two attached hydrogens (primary N) is 1. The highest BCUT2D eigenvalue weighted by atomic mass is 32.2. The van der Waals surface area contributed by atoms with Crippen LogP contribution < -0.4 is 11.1 Å². The minimum Gasteiger partial charge on any atom is -0.400 e. The number of carbonyl (C=O) groups excluding carboxylic acids is 1. The van der Waals surface area contributed by atoms with Gasteiger partial charge in [0.25, 0.3) is 0 Å². The van der Waals surface area contributed by atoms with Crippen molar-refractivity contribution in [3.8, 4) is 18.4 Å². The van der Waals surface area contributed by atoms with Gasteiger partial charge in [-0.1, -0.05) is 37.6 Å². The monoisotopic (exact) mass is 937 g/mol. The summed E-state index contributed by atoms with van der Waals surface area (Å²) in [4.78, 5) is 28.2. The quantitative estimate of drug-likeness (QED) is 0.0508. The first-order chi connectivity index (χ1) is 26.0. The number of hydrogen-bond donors (Lipinski definition) is 5. The summed E-state index contributed by atoms with van der Waals surface area (Å²) in [5, 5.41) is 23.6. The second-order valence-corrected chi connectivity index (χ2v) is 17.8. The molecule has 0 radical (unpaired) electrons. The van der Waals surface area contributed by atoms with Crippen LogP contribution in [0.4, 0.5) is 4.39 Å². The van der Waals surface area contributed by atoms with Crippen molar-refractivity contribution in [1.82, 2.24) is 5.32 Å². The number of Topliss-reactive ketones (excluding diaryl/α,β-unsaturated/α-hetero) is 1. The van der Waals surface area contributed by atoms with Gasteiger partial charge in [0.05, 0.1) is 11.7 Å². The Hall–Kier alpha value is -1.33. The Morgan fingerprint density at radius 3 is 0.948 bits per heavy atom. The van der Waals surface area contributed by atoms with Crippen molar-refractivity contribution in [3.63, 3.8) is 0 Å². The summed E-state index contributed by atoms with van der Waals surface area (Å²) in [6.45, 7) is 38.0. The van der Waals surface area contributed by atoms with Crippen molar-refractivity contribution < 1.29 is 23.6 Å². The molecule has 0 spiro atoms. The average molecular weight is 938 g/mol. The minimum absolute atomic E-state index is 0.0417. The van der Waals surface area contributed by atoms with E-state index < -0.39 is 13.5 Å². The summed E-state index contributed by atoms with van der Waals surface area (Å²) in [5.41, 5.74) is 5.34. The third-order valence-electron chi connectivity index (χ3n) is 1.67. The minimum atomic E-state index is -1.00. The number of thiocarbonyl (C=S) groups is 1. The number of aliphatic hydroxyl groups is 1. The van der Waals surface area contributed by atoms with E-state index in [0.717, 1.165) is 17.7 Å². The van der Waals surface area contributed by atoms with Crippen LogP contribution in [0.15, 0.2) is 4.99 Å². The second-order valence-electron chi connectivity index (χ2n) is 12.9. The molecule has 0 aromatic heterocycles. The Morgan fingerprint density at radius 1 is 0.897 bits per heavy atom. The van der Waals surface area contributed by atoms with E-state index >= 15 is 0 Å². The van der Waals surface area contributed by atoms with Crippen LogP contribution in [0.25, 0.3) is 0 Å². The lowest BCUT2D eigenvalue weighted by Crippen LogP contribution is -2.15. The second kappa shape index (κ2) is 111. The van der Waals surface area contributed by atoms with Crippen LogP contribution in [0, 0.1) is 39.0 Å². The van der Waals surface area contributed by atoms with Gasteiger partial charge in [-0.2, -0.15) is 41.4 Å². The van der Waals surface area contributed by atoms with E-state index in [1.165, 1.54) is 48.6 Å². The van der Waals surface area contributed by atoms with Crippen molar-refractivity contribution in [3.05, 3.63) is 9.93 Å². The van der Waals surface area contributed by atoms with Gasteiger partial charge in [-0.15, -0.1) is 12.3 Å². The van der Waals surface area contributed by atoms with E-state index in [9.17, 15) is 13.8 Å². The molecule has 0 aliphatic carbocycles. The molecule has 0 fully saturated rings. The van der Waals surface area contributed by atoms with Gasteiger partial charge in [0.2, 0.25) is 0 Å². The van der Waals surface area contributed by atoms with Crippen molar-refractivity contribution in [2.75, 3.05) is 80.8 Å². The predicted molar refractivity (Wildman–Crippen MR) is 285 cm³/mol. The number of ketones is 1. The van der Waals surface area contributed by atoms with Gasteiger partial charge in [-0.25, -0.2) is 4.39 Å². The third kappa shape index (κ3) is 3540. The van der Waals surface area contributed by atoms with Gasteiger partial charge in [0.1, 0.15) is 24.8 Å². The van der Waals surface area contributed by atoms with Crippen molar-refractivity contribution >= 4 is 78.2 Å². The number of nitrogens with one attached hydrogen (secondary N) is 2. The number of rotatable bonds is 0. The number of ether oxygens (including phenoxy) is 1. The SMILES string of the molecule is C#CC.CC#N.CC(C)(C)F.CC(C)=N.CC(C)=O.CC(C)=S.CN.CN=C(C)C.CNC.CO.COC(C)(C)C.CS.CSC.CSC(C)(C)C.C[P+](C)=O.O=O. The third-order valence-corrected chi connectivity index (χ3v) is 2.90. The van der Waals surface area contributed by atoms with E-state index in [1.807, 2.05) is 86.8 Å². The molecular weight excluding hydrogens is 837 g/mol. The zero-order chi connectivity index (χ0) is 52.3. The number of aliphatic hydroxyl groups excluding tert-OH is 1. The molecule has 11 nitrogen and oxygen atoms in total. The van der Waals surface area contributed by atoms with Gasteiger partial charge in [-0.05, 0) is 155 Å². The maximum Gasteiger partial charge on any atom is 0.332 e. The van der Waals surface area contributed by atoms with Gasteiger partial charge in [0.15, 0.2) is 0 Å². The molecule has 5 N–H and O–H groups in total. The Kier molecular flexibility index (Phi) is 204. The molecule has 58 heavy (non-hydrogen) atoms. The van der Waals surface area contributed by atoms with E-state index in [1.54, 1.807) is 72.3 Å². The fourth-order valence-corrected chi connectivity index (χ4v) is 0. The molecule has 0 atom stereocenters. The van der Waals surface area contributed by atoms with Crippen molar-refractivity contribution in [1.29, 1.82) is 10.7 Å². The van der Waals surface area contributed by atoms with E-state index in [0.29, 0.717) is 10.5 Å². The first-order valence-electron chi connectivity index (χ1n) is 17.3. The van der Waals surface area contributed by atoms with Crippen molar-refractivity contribution in [2.45, 2.75) is 148 Å². The van der Waals surface area contributed by atoms with Gasteiger partial charge in [0, 0.05) is 54.3 Å². The number of alkyl halides is 1. The highest BCUT2D eigenvalue weighted by Crippen LogP contribution is 2.18. The molecule has 0 amide bonds. The van der Waals surface area contributed by atoms with E-state index in [2.05, 4.69) is 80.3 Å². The zero-order valence-electron chi connectivity index (χ0n) is 43.5. The zero-order valence-corrected chi connectivity index (χ0v) is 47.8. The average Bonchev–Trinajstić information content (AvgIpc) is 3.04. The highest BCUT2D eigenvalue weighted by molar-refractivity contribution is 7.99. The highest BCUT2D eigenvalue weighted by Gasteiger charge is 2.04. The Bertz CT molecular complexity index is 726. The standard InChI is InChI=1S/C5H12O.C5H12S.C4H9F.C4H9N.C3H7N.C3H6O.C3H6S.C3H4.C2H7N.C2H3N.C2H6OP.C2H6S.CH5N.CH4O.CH4S.O2/c2*1-5(2,3)6-4;1-4(2,3)5;1-4(2)5-3;3*1-3(2)4;2*1-3-2;1-2-3;1-4(2)3;1-3-2;4*1-2/h2*1-4H3;2*1-3H3;4H,1-2H3;2*1-2H3;1H,2H3;3H,1-2H3;1H3;1-2H3;1-2H3;2H2,1H3;2*2H,1H3;/q;;;;;;;;;;+1;;;;;. The molecular formula is C41H100FN5O6PS4+. The normalized spacial score (nSPS) is 7.19. The molecule has 0 aromatic carbocycles. The van der Waals surface area contributed by atoms with Gasteiger partial charge >= 0.3 is 7.80 Å². The fraction of sp³-hybridized carbons (Fsp3) is 0.829. The summed E-state index contributed by atoms with van der Waals surface area (Å²) in [7, 11) is 8.88. The predicted octanol–water partition coefficient (Wildman–Crippen LogP) is 12.3. The molecule has 0 unspecified atom stereocenters. The molecule has 17 heteroatoms. The number of thioether (sulfide) groups is 2. The summed E-state index contributed by atoms with van der Waals surface area (Å²) in [6, 6.07) is 1.75. The number of methoxy groups -OCH3 is 1. The Labute approximate surface area is 383 Å². The molecule has 0 aliphatic heterocycles. The van der Waals surface area contributed by atoms with Crippen LogP contribution in [0.3, 0.4) is 0 Å². The van der Waals surface area contributed by atoms with Crippen LogP contribution in [0.1, 0.15) is 132 Å². The molecule has 360 valence electrons. The topological polar surface area (TPSA) is 196 Å². The van der Waals surface area contributed by atoms with Crippen LogP contribution in [0.2, 0.25) is 0 Å². The maximum atomic E-state index is 11.7. The van der Waals surface area contributed by atoms with E-state index in [4.69, 9.17) is 30.4 Å². The molecule has 0 aromatic rings. The smallest absolute Gasteiger partial charge is 0.332 e. The number of hydrogen-bond acceptors (Lipinski definition) is 15. The Balaban J connectivity index is -0.0000000235. The maximum absolute atomic E-state index is 11.7. The molecule has 0 heterocycles. The number of nitrogens with zero attached hydrogens (tertiary/aromatic N) is 2. The fourth-order valence-electron chi connectivity index (χ4n) is 0. The van der Waals surface area contributed by atoms with Crippen LogP contribution in [0.5, 0.6) is 0 Å². The largest absolute Gasteiger partial charge is 0.400 e. The number of carbonyl (C=O) groups is 1. The first kappa shape index (κ1) is 106. The van der Waals surface area contributed by atoms with Crippen LogP contribution in [-0.2, 0) is 14.1 Å². The molecule has 0 bridgehead atoms. The number of thiol groups is 1. The summed E-state index contributed by atoms with van der Waals surface area (Å²) in [5.74, 6) is 2.42. The van der Waals surface area contributed by atoms with E-state index in [-0.39, 0.29) is 11.4 Å². The molecule has 0 rings (SSSR count). The van der Waals surface area contributed by atoms with Crippen molar-refractivity contribution in [2.24, 2.45) is 10.7 Å². The number of aliphatic imine (C=N–C) groups is 1. The number of terminal acetylenes is 1. The lowest BCUT2D eigenvalue weighted by molar-refractivity contribution is -0.115. The summed E-state index contributed by atoms with van der Waals surface area (Å²) < 4.78 is 26.7. The summed E-state index contributed by atoms with van der Waals surface area (Å²) in [6.07, 6.45) is 12.5. The molecule has 0 aliphatic rings. The number of halogens is 1. The van der Waals surface area contributed by atoms with Gasteiger partial charge in [-0.3, -0.25) is 4.99 Å². The molecule has 0 saturated heterocycles. The summed E-state index contributed by atoms with van der Waals surface area (Å²) >= 11 is 11.7. The van der Waals surface area contributed by atoms with Crippen LogP contribution in [-0.4, -0.2) is 124 Å². The first-order valence-corrected chi connectivity index (χ1v) is 23.6. The van der Waals surface area contributed by atoms with Crippen LogP contribution >= 0.6 is 56.2 Å². The number of nitriles is 1. The Morgan fingerprint density at radius 2 is 0.948 bits per heavy atom. The molecule has 0 saturated carbocycles. The lowest BCUT2D eigenvalue weighted by Gasteiger charge is -2.14. The van der Waals surface area contributed by atoms with Gasteiger partial charge < -0.3 is 31.1 Å².